The van der Waals surface area contributed by atoms with Crippen LogP contribution in [0.1, 0.15) is 62.4 Å². The van der Waals surface area contributed by atoms with Crippen molar-refractivity contribution in [2.75, 3.05) is 19.5 Å². The Hall–Kier alpha value is -3.71. The van der Waals surface area contributed by atoms with Crippen molar-refractivity contribution >= 4 is 39.1 Å². The number of hydrogen-bond acceptors (Lipinski definition) is 6. The first-order valence-corrected chi connectivity index (χ1v) is 13.4. The van der Waals surface area contributed by atoms with Gasteiger partial charge in [0.25, 0.3) is 5.91 Å². The van der Waals surface area contributed by atoms with E-state index in [2.05, 4.69) is 5.32 Å². The van der Waals surface area contributed by atoms with Gasteiger partial charge in [-0.25, -0.2) is 9.78 Å². The number of aromatic nitrogens is 1. The van der Waals surface area contributed by atoms with Gasteiger partial charge in [-0.05, 0) is 74.1 Å². The van der Waals surface area contributed by atoms with Crippen molar-refractivity contribution in [3.63, 3.8) is 0 Å². The Morgan fingerprint density at radius 3 is 2.38 bits per heavy atom. The number of methoxy groups -OCH3 is 2. The highest BCUT2D eigenvalue weighted by atomic mass is 32.1. The second-order valence-electron chi connectivity index (χ2n) is 9.27. The molecule has 0 bridgehead atoms. The Morgan fingerprint density at radius 2 is 1.65 bits per heavy atom. The summed E-state index contributed by atoms with van der Waals surface area (Å²) in [7, 11) is 3.02. The van der Waals surface area contributed by atoms with Gasteiger partial charge in [-0.2, -0.15) is 0 Å². The summed E-state index contributed by atoms with van der Waals surface area (Å²) in [6.45, 7) is 1.92. The van der Waals surface area contributed by atoms with Crippen LogP contribution in [0.2, 0.25) is 0 Å². The highest BCUT2D eigenvalue weighted by molar-refractivity contribution is 7.17. The number of amides is 1. The summed E-state index contributed by atoms with van der Waals surface area (Å²) in [6.07, 6.45) is 6.18. The third-order valence-corrected chi connectivity index (χ3v) is 8.22. The molecular weight excluding hydrogens is 484 g/mol. The normalized spacial score (nSPS) is 13.4. The maximum absolute atomic E-state index is 13.9. The van der Waals surface area contributed by atoms with Crippen LogP contribution in [-0.2, 0) is 17.6 Å². The van der Waals surface area contributed by atoms with Gasteiger partial charge in [-0.15, -0.1) is 11.3 Å². The molecule has 1 aliphatic carbocycles. The zero-order chi connectivity index (χ0) is 25.9. The van der Waals surface area contributed by atoms with E-state index in [0.29, 0.717) is 16.1 Å². The number of ether oxygens (including phenoxy) is 2. The Balaban J connectivity index is 1.61. The van der Waals surface area contributed by atoms with Gasteiger partial charge in [0, 0.05) is 15.8 Å². The fraction of sp³-hybridized carbons (Fsp3) is 0.300. The highest BCUT2D eigenvalue weighted by Gasteiger charge is 2.27. The molecule has 0 radical (unpaired) electrons. The van der Waals surface area contributed by atoms with Crippen LogP contribution in [0.25, 0.3) is 22.2 Å². The van der Waals surface area contributed by atoms with Crippen molar-refractivity contribution < 1.29 is 19.1 Å². The minimum atomic E-state index is -0.399. The fourth-order valence-corrected chi connectivity index (χ4v) is 6.39. The van der Waals surface area contributed by atoms with Gasteiger partial charge < -0.3 is 14.8 Å². The topological polar surface area (TPSA) is 77.5 Å². The van der Waals surface area contributed by atoms with Gasteiger partial charge in [0.1, 0.15) is 10.8 Å². The minimum Gasteiger partial charge on any atom is -0.497 e. The molecular formula is C30H30N2O4S. The molecule has 1 amide bonds. The number of aryl methyl sites for hydroxylation is 1. The predicted octanol–water partition coefficient (Wildman–Crippen LogP) is 6.98. The lowest BCUT2D eigenvalue weighted by Crippen LogP contribution is -2.17. The molecule has 1 N–H and O–H groups in total. The molecule has 190 valence electrons. The van der Waals surface area contributed by atoms with Gasteiger partial charge in [0.05, 0.1) is 36.6 Å². The number of pyridine rings is 1. The number of benzene rings is 2. The lowest BCUT2D eigenvalue weighted by molar-refractivity contribution is 0.0601. The number of hydrogen-bond donors (Lipinski definition) is 1. The van der Waals surface area contributed by atoms with Gasteiger partial charge in [0.15, 0.2) is 0 Å². The first-order chi connectivity index (χ1) is 18.0. The van der Waals surface area contributed by atoms with Crippen molar-refractivity contribution in [2.24, 2.45) is 0 Å². The minimum absolute atomic E-state index is 0.259. The van der Waals surface area contributed by atoms with Gasteiger partial charge in [0.2, 0.25) is 0 Å². The second-order valence-corrected chi connectivity index (χ2v) is 10.4. The third-order valence-electron chi connectivity index (χ3n) is 7.01. The molecule has 0 fully saturated rings. The molecule has 0 saturated carbocycles. The lowest BCUT2D eigenvalue weighted by Gasteiger charge is -2.15. The van der Waals surface area contributed by atoms with Crippen LogP contribution in [0.3, 0.4) is 0 Å². The number of carbonyl (C=O) groups is 2. The van der Waals surface area contributed by atoms with Crippen LogP contribution >= 0.6 is 11.3 Å². The van der Waals surface area contributed by atoms with Crippen LogP contribution in [0.4, 0.5) is 5.00 Å². The van der Waals surface area contributed by atoms with Gasteiger partial charge in [-0.1, -0.05) is 31.0 Å². The molecule has 0 aliphatic heterocycles. The average Bonchev–Trinajstić information content (AvgIpc) is 3.23. The summed E-state index contributed by atoms with van der Waals surface area (Å²) in [5, 5.41) is 4.43. The van der Waals surface area contributed by atoms with Crippen molar-refractivity contribution in [3.05, 3.63) is 75.7 Å². The quantitative estimate of drug-likeness (QED) is 0.291. The Labute approximate surface area is 220 Å². The van der Waals surface area contributed by atoms with Crippen molar-refractivity contribution in [2.45, 2.75) is 45.4 Å². The zero-order valence-electron chi connectivity index (χ0n) is 21.3. The molecule has 5 rings (SSSR count). The molecule has 0 spiro atoms. The molecule has 2 aromatic heterocycles. The lowest BCUT2D eigenvalue weighted by atomic mass is 9.96. The molecule has 0 saturated heterocycles. The number of fused-ring (bicyclic) bond motifs is 2. The third kappa shape index (κ3) is 4.83. The highest BCUT2D eigenvalue weighted by Crippen LogP contribution is 2.39. The van der Waals surface area contributed by atoms with Crippen LogP contribution < -0.4 is 10.1 Å². The van der Waals surface area contributed by atoms with E-state index in [-0.39, 0.29) is 5.91 Å². The summed E-state index contributed by atoms with van der Waals surface area (Å²) < 4.78 is 10.4. The number of nitrogens with zero attached hydrogens (tertiary/aromatic N) is 1. The number of anilines is 1. The van der Waals surface area contributed by atoms with E-state index in [0.717, 1.165) is 71.1 Å². The number of rotatable bonds is 5. The van der Waals surface area contributed by atoms with E-state index < -0.39 is 5.97 Å². The van der Waals surface area contributed by atoms with Crippen molar-refractivity contribution in [1.29, 1.82) is 0 Å². The SMILES string of the molecule is COC(=O)c1c(NC(=O)c2c(C)c(-c3ccc(OC)cc3)nc3ccccc23)sc2c1CCCCCC2. The number of esters is 1. The largest absolute Gasteiger partial charge is 0.497 e. The van der Waals surface area contributed by atoms with Crippen molar-refractivity contribution in [3.8, 4) is 17.0 Å². The smallest absolute Gasteiger partial charge is 0.341 e. The fourth-order valence-electron chi connectivity index (χ4n) is 5.12. The van der Waals surface area contributed by atoms with E-state index in [9.17, 15) is 9.59 Å². The maximum Gasteiger partial charge on any atom is 0.341 e. The molecule has 6 nitrogen and oxygen atoms in total. The van der Waals surface area contributed by atoms with Gasteiger partial charge >= 0.3 is 5.97 Å². The number of nitrogens with one attached hydrogen (secondary N) is 1. The van der Waals surface area contributed by atoms with Crippen molar-refractivity contribution in [1.82, 2.24) is 4.98 Å². The van der Waals surface area contributed by atoms with Crippen LogP contribution in [-0.4, -0.2) is 31.1 Å². The molecule has 0 unspecified atom stereocenters. The van der Waals surface area contributed by atoms with Crippen LogP contribution in [0.5, 0.6) is 5.75 Å². The molecule has 2 heterocycles. The summed E-state index contributed by atoms with van der Waals surface area (Å²) in [6, 6.07) is 15.3. The summed E-state index contributed by atoms with van der Waals surface area (Å²) in [4.78, 5) is 32.9. The van der Waals surface area contributed by atoms with E-state index in [1.807, 2.05) is 55.5 Å². The zero-order valence-corrected chi connectivity index (χ0v) is 22.2. The molecule has 37 heavy (non-hydrogen) atoms. The van der Waals surface area contributed by atoms with Crippen LogP contribution in [0.15, 0.2) is 48.5 Å². The first-order valence-electron chi connectivity index (χ1n) is 12.6. The van der Waals surface area contributed by atoms with Crippen LogP contribution in [0, 0.1) is 6.92 Å². The number of carbonyl (C=O) groups excluding carboxylic acids is 2. The molecule has 7 heteroatoms. The summed E-state index contributed by atoms with van der Waals surface area (Å²) >= 11 is 1.50. The van der Waals surface area contributed by atoms with E-state index in [1.165, 1.54) is 29.7 Å². The van der Waals surface area contributed by atoms with E-state index in [1.54, 1.807) is 7.11 Å². The summed E-state index contributed by atoms with van der Waals surface area (Å²) in [5.41, 5.74) is 5.22. The number of thiophene rings is 1. The molecule has 1 aliphatic rings. The monoisotopic (exact) mass is 514 g/mol. The Morgan fingerprint density at radius 1 is 0.919 bits per heavy atom. The molecule has 2 aromatic carbocycles. The Bertz CT molecular complexity index is 1470. The molecule has 0 atom stereocenters. The predicted molar refractivity (Wildman–Crippen MR) is 148 cm³/mol. The maximum atomic E-state index is 13.9. The standard InChI is InChI=1S/C30H30N2O4S/c1-18-25(21-10-8-9-12-23(21)31-27(18)19-14-16-20(35-2)17-15-19)28(33)32-29-26(30(34)36-3)22-11-6-4-5-7-13-24(22)37-29/h8-10,12,14-17H,4-7,11,13H2,1-3H3,(H,32,33). The number of para-hydroxylation sites is 1. The summed E-state index contributed by atoms with van der Waals surface area (Å²) in [5.74, 6) is 0.0950. The second kappa shape index (κ2) is 10.7. The van der Waals surface area contributed by atoms with Gasteiger partial charge in [-0.3, -0.25) is 4.79 Å². The average molecular weight is 515 g/mol. The van der Waals surface area contributed by atoms with E-state index >= 15 is 0 Å². The first kappa shape index (κ1) is 25.0. The van der Waals surface area contributed by atoms with E-state index in [4.69, 9.17) is 14.5 Å². The Kier molecular flexibility index (Phi) is 7.24. The molecule has 4 aromatic rings.